The SMILES string of the molecule is CCCNC(C(CC)CC)C1CN(CC)CCO1. The first-order valence-corrected chi connectivity index (χ1v) is 7.84. The molecule has 0 aromatic carbocycles. The van der Waals surface area contributed by atoms with Crippen molar-refractivity contribution in [1.29, 1.82) is 0 Å². The van der Waals surface area contributed by atoms with E-state index in [1.807, 2.05) is 0 Å². The summed E-state index contributed by atoms with van der Waals surface area (Å²) in [7, 11) is 0. The van der Waals surface area contributed by atoms with Crippen LogP contribution in [-0.2, 0) is 4.74 Å². The standard InChI is InChI=1S/C15H32N2O/c1-5-9-16-15(13(6-2)7-3)14-12-17(8-4)10-11-18-14/h13-16H,5-12H2,1-4H3. The van der Waals surface area contributed by atoms with Gasteiger partial charge in [-0.1, -0.05) is 40.5 Å². The largest absolute Gasteiger partial charge is 0.374 e. The van der Waals surface area contributed by atoms with Gasteiger partial charge >= 0.3 is 0 Å². The van der Waals surface area contributed by atoms with Crippen LogP contribution in [-0.4, -0.2) is 49.8 Å². The zero-order valence-electron chi connectivity index (χ0n) is 12.7. The highest BCUT2D eigenvalue weighted by Crippen LogP contribution is 2.20. The lowest BCUT2D eigenvalue weighted by molar-refractivity contribution is -0.0557. The van der Waals surface area contributed by atoms with Gasteiger partial charge in [-0.3, -0.25) is 4.90 Å². The molecule has 3 nitrogen and oxygen atoms in total. The number of morpholine rings is 1. The summed E-state index contributed by atoms with van der Waals surface area (Å²) in [6.45, 7) is 14.4. The minimum atomic E-state index is 0.371. The Morgan fingerprint density at radius 2 is 1.94 bits per heavy atom. The van der Waals surface area contributed by atoms with Crippen molar-refractivity contribution in [1.82, 2.24) is 10.2 Å². The van der Waals surface area contributed by atoms with Crippen molar-refractivity contribution in [3.05, 3.63) is 0 Å². The monoisotopic (exact) mass is 256 g/mol. The molecule has 1 rings (SSSR count). The van der Waals surface area contributed by atoms with Gasteiger partial charge < -0.3 is 10.1 Å². The molecule has 1 saturated heterocycles. The molecule has 1 fully saturated rings. The smallest absolute Gasteiger partial charge is 0.0857 e. The van der Waals surface area contributed by atoms with E-state index in [4.69, 9.17) is 4.74 Å². The maximum Gasteiger partial charge on any atom is 0.0857 e. The van der Waals surface area contributed by atoms with Crippen LogP contribution in [0, 0.1) is 5.92 Å². The predicted octanol–water partition coefficient (Wildman–Crippen LogP) is 2.51. The zero-order valence-corrected chi connectivity index (χ0v) is 12.7. The van der Waals surface area contributed by atoms with Gasteiger partial charge in [0.1, 0.15) is 0 Å². The molecule has 18 heavy (non-hydrogen) atoms. The Kier molecular flexibility index (Phi) is 7.87. The lowest BCUT2D eigenvalue weighted by Gasteiger charge is -2.40. The van der Waals surface area contributed by atoms with Crippen molar-refractivity contribution in [3.8, 4) is 0 Å². The van der Waals surface area contributed by atoms with Crippen molar-refractivity contribution < 1.29 is 4.74 Å². The zero-order chi connectivity index (χ0) is 13.4. The Morgan fingerprint density at radius 1 is 1.22 bits per heavy atom. The number of nitrogens with one attached hydrogen (secondary N) is 1. The summed E-state index contributed by atoms with van der Waals surface area (Å²) in [5, 5.41) is 3.73. The highest BCUT2D eigenvalue weighted by Gasteiger charge is 2.31. The second kappa shape index (κ2) is 8.89. The molecule has 1 heterocycles. The molecular formula is C15H32N2O. The molecule has 0 spiro atoms. The van der Waals surface area contributed by atoms with Crippen LogP contribution in [0.1, 0.15) is 47.0 Å². The Balaban J connectivity index is 2.61. The molecule has 0 saturated carbocycles. The quantitative estimate of drug-likeness (QED) is 0.722. The second-order valence-corrected chi connectivity index (χ2v) is 5.36. The third kappa shape index (κ3) is 4.52. The van der Waals surface area contributed by atoms with Crippen LogP contribution in [0.25, 0.3) is 0 Å². The molecule has 0 radical (unpaired) electrons. The second-order valence-electron chi connectivity index (χ2n) is 5.36. The van der Waals surface area contributed by atoms with Crippen LogP contribution < -0.4 is 5.32 Å². The van der Waals surface area contributed by atoms with Gasteiger partial charge in [-0.2, -0.15) is 0 Å². The Labute approximate surface area is 113 Å². The molecule has 0 aromatic rings. The summed E-state index contributed by atoms with van der Waals surface area (Å²) in [5.74, 6) is 0.735. The van der Waals surface area contributed by atoms with Crippen molar-refractivity contribution >= 4 is 0 Å². The number of rotatable bonds is 8. The summed E-state index contributed by atoms with van der Waals surface area (Å²) in [6.07, 6.45) is 4.05. The fourth-order valence-corrected chi connectivity index (χ4v) is 2.95. The summed E-state index contributed by atoms with van der Waals surface area (Å²) < 4.78 is 6.05. The van der Waals surface area contributed by atoms with E-state index in [2.05, 4.69) is 37.9 Å². The van der Waals surface area contributed by atoms with Gasteiger partial charge in [-0.25, -0.2) is 0 Å². The van der Waals surface area contributed by atoms with Gasteiger partial charge in [0.2, 0.25) is 0 Å². The molecule has 1 aliphatic rings. The van der Waals surface area contributed by atoms with Gasteiger partial charge in [-0.15, -0.1) is 0 Å². The average molecular weight is 256 g/mol. The molecule has 0 aromatic heterocycles. The van der Waals surface area contributed by atoms with Gasteiger partial charge in [0.05, 0.1) is 12.7 Å². The topological polar surface area (TPSA) is 24.5 Å². The minimum absolute atomic E-state index is 0.371. The van der Waals surface area contributed by atoms with Gasteiger partial charge in [0.25, 0.3) is 0 Å². The van der Waals surface area contributed by atoms with E-state index in [0.717, 1.165) is 38.7 Å². The number of hydrogen-bond donors (Lipinski definition) is 1. The normalized spacial score (nSPS) is 23.5. The van der Waals surface area contributed by atoms with E-state index < -0.39 is 0 Å². The fourth-order valence-electron chi connectivity index (χ4n) is 2.95. The van der Waals surface area contributed by atoms with Crippen LogP contribution in [0.4, 0.5) is 0 Å². The van der Waals surface area contributed by atoms with E-state index >= 15 is 0 Å². The van der Waals surface area contributed by atoms with Crippen LogP contribution in [0.15, 0.2) is 0 Å². The predicted molar refractivity (Wildman–Crippen MR) is 78.0 cm³/mol. The summed E-state index contributed by atoms with van der Waals surface area (Å²) in [5.41, 5.74) is 0. The number of hydrogen-bond acceptors (Lipinski definition) is 3. The van der Waals surface area contributed by atoms with Crippen molar-refractivity contribution in [2.45, 2.75) is 59.1 Å². The van der Waals surface area contributed by atoms with Gasteiger partial charge in [0, 0.05) is 19.1 Å². The number of ether oxygens (including phenoxy) is 1. The maximum atomic E-state index is 6.05. The van der Waals surface area contributed by atoms with Crippen molar-refractivity contribution in [3.63, 3.8) is 0 Å². The first kappa shape index (κ1) is 15.9. The van der Waals surface area contributed by atoms with Gasteiger partial charge in [-0.05, 0) is 25.4 Å². The Hall–Kier alpha value is -0.120. The molecule has 1 aliphatic heterocycles. The molecule has 108 valence electrons. The average Bonchev–Trinajstić information content (AvgIpc) is 2.43. The molecule has 1 N–H and O–H groups in total. The lowest BCUT2D eigenvalue weighted by Crippen LogP contribution is -2.55. The Bertz CT molecular complexity index is 207. The Morgan fingerprint density at radius 3 is 2.50 bits per heavy atom. The molecule has 0 amide bonds. The van der Waals surface area contributed by atoms with Crippen molar-refractivity contribution in [2.75, 3.05) is 32.8 Å². The third-order valence-electron chi connectivity index (χ3n) is 4.21. The molecule has 2 unspecified atom stereocenters. The molecule has 0 aliphatic carbocycles. The van der Waals surface area contributed by atoms with Crippen LogP contribution in [0.3, 0.4) is 0 Å². The summed E-state index contributed by atoms with van der Waals surface area (Å²) in [4.78, 5) is 2.51. The maximum absolute atomic E-state index is 6.05. The number of likely N-dealkylation sites (N-methyl/N-ethyl adjacent to an activating group) is 1. The van der Waals surface area contributed by atoms with E-state index in [9.17, 15) is 0 Å². The van der Waals surface area contributed by atoms with Crippen LogP contribution in [0.5, 0.6) is 0 Å². The third-order valence-corrected chi connectivity index (χ3v) is 4.21. The van der Waals surface area contributed by atoms with Crippen molar-refractivity contribution in [2.24, 2.45) is 5.92 Å². The molecular weight excluding hydrogens is 224 g/mol. The van der Waals surface area contributed by atoms with E-state index in [0.29, 0.717) is 12.1 Å². The molecule has 0 bridgehead atoms. The molecule has 2 atom stereocenters. The lowest BCUT2D eigenvalue weighted by atomic mass is 9.89. The van der Waals surface area contributed by atoms with Crippen LogP contribution in [0.2, 0.25) is 0 Å². The minimum Gasteiger partial charge on any atom is -0.374 e. The number of nitrogens with zero attached hydrogens (tertiary/aromatic N) is 1. The molecule has 3 heteroatoms. The fraction of sp³-hybridized carbons (Fsp3) is 1.00. The van der Waals surface area contributed by atoms with E-state index in [-0.39, 0.29) is 0 Å². The summed E-state index contributed by atoms with van der Waals surface area (Å²) >= 11 is 0. The van der Waals surface area contributed by atoms with E-state index in [1.54, 1.807) is 0 Å². The summed E-state index contributed by atoms with van der Waals surface area (Å²) in [6, 6.07) is 0.522. The first-order valence-electron chi connectivity index (χ1n) is 7.84. The highest BCUT2D eigenvalue weighted by atomic mass is 16.5. The van der Waals surface area contributed by atoms with E-state index in [1.165, 1.54) is 19.3 Å². The first-order chi connectivity index (χ1) is 8.76. The van der Waals surface area contributed by atoms with Crippen LogP contribution >= 0.6 is 0 Å². The van der Waals surface area contributed by atoms with Gasteiger partial charge in [0.15, 0.2) is 0 Å². The highest BCUT2D eigenvalue weighted by molar-refractivity contribution is 4.87.